The lowest BCUT2D eigenvalue weighted by atomic mass is 10.1. The fourth-order valence-corrected chi connectivity index (χ4v) is 3.63. The van der Waals surface area contributed by atoms with Crippen molar-refractivity contribution < 1.29 is 14.3 Å². The van der Waals surface area contributed by atoms with Crippen LogP contribution in [0.3, 0.4) is 0 Å². The van der Waals surface area contributed by atoms with Crippen molar-refractivity contribution in [2.45, 2.75) is 38.8 Å². The second-order valence-corrected chi connectivity index (χ2v) is 7.03. The first-order chi connectivity index (χ1) is 12.1. The number of carbonyl (C=O) groups is 2. The van der Waals surface area contributed by atoms with E-state index in [-0.39, 0.29) is 24.0 Å². The van der Waals surface area contributed by atoms with Gasteiger partial charge in [-0.1, -0.05) is 18.3 Å². The van der Waals surface area contributed by atoms with E-state index in [1.165, 1.54) is 11.3 Å². The minimum absolute atomic E-state index is 0.0348. The van der Waals surface area contributed by atoms with Crippen LogP contribution in [0.5, 0.6) is 0 Å². The Labute approximate surface area is 150 Å². The number of aromatic nitrogens is 1. The van der Waals surface area contributed by atoms with Crippen LogP contribution >= 0.6 is 11.3 Å². The summed E-state index contributed by atoms with van der Waals surface area (Å²) in [5.74, 6) is -0.153. The number of anilines is 2. The molecule has 2 amide bonds. The lowest BCUT2D eigenvalue weighted by Crippen LogP contribution is -2.53. The summed E-state index contributed by atoms with van der Waals surface area (Å²) in [6.07, 6.45) is 1.11. The predicted octanol–water partition coefficient (Wildman–Crippen LogP) is 2.35. The Balaban J connectivity index is 1.70. The van der Waals surface area contributed by atoms with Gasteiger partial charge in [0, 0.05) is 18.7 Å². The van der Waals surface area contributed by atoms with Crippen LogP contribution in [0.2, 0.25) is 0 Å². The zero-order chi connectivity index (χ0) is 17.8. The summed E-state index contributed by atoms with van der Waals surface area (Å²) >= 11 is 1.39. The van der Waals surface area contributed by atoms with E-state index in [1.807, 2.05) is 32.0 Å². The number of amides is 2. The summed E-state index contributed by atoms with van der Waals surface area (Å²) in [6, 6.07) is 5.15. The van der Waals surface area contributed by atoms with Crippen LogP contribution < -0.4 is 16.0 Å². The minimum atomic E-state index is -0.366. The van der Waals surface area contributed by atoms with Gasteiger partial charge in [-0.05, 0) is 31.5 Å². The number of ether oxygens (including phenoxy) is 1. The molecule has 1 aliphatic rings. The standard InChI is InChI=1S/C17H22N4O3S/c1-3-4-14(22)21-17-20-12-6-5-11(9-13(12)25-17)19-16(23)15-10(2)24-8-7-18-15/h5-6,9-10,15,18H,3-4,7-8H2,1-2H3,(H,19,23)(H,20,21,22)/t10-,15+/m1/s1. The Kier molecular flexibility index (Phi) is 5.62. The molecule has 2 heterocycles. The fraction of sp³-hybridized carbons (Fsp3) is 0.471. The lowest BCUT2D eigenvalue weighted by molar-refractivity contribution is -0.123. The number of carbonyl (C=O) groups excluding carboxylic acids is 2. The molecule has 7 nitrogen and oxygen atoms in total. The Morgan fingerprint density at radius 1 is 1.40 bits per heavy atom. The van der Waals surface area contributed by atoms with Crippen molar-refractivity contribution in [3.63, 3.8) is 0 Å². The number of fused-ring (bicyclic) bond motifs is 1. The molecule has 1 aromatic heterocycles. The van der Waals surface area contributed by atoms with Gasteiger partial charge in [-0.25, -0.2) is 4.98 Å². The highest BCUT2D eigenvalue weighted by Crippen LogP contribution is 2.28. The van der Waals surface area contributed by atoms with Crippen molar-refractivity contribution >= 4 is 44.2 Å². The van der Waals surface area contributed by atoms with Gasteiger partial charge in [0.2, 0.25) is 11.8 Å². The van der Waals surface area contributed by atoms with Gasteiger partial charge in [-0.2, -0.15) is 0 Å². The number of hydrogen-bond donors (Lipinski definition) is 3. The molecule has 0 spiro atoms. The molecule has 0 bridgehead atoms. The first-order valence-corrected chi connectivity index (χ1v) is 9.24. The number of thiazole rings is 1. The van der Waals surface area contributed by atoms with E-state index < -0.39 is 0 Å². The average molecular weight is 362 g/mol. The molecule has 0 unspecified atom stereocenters. The molecule has 134 valence electrons. The fourth-order valence-electron chi connectivity index (χ4n) is 2.71. The zero-order valence-electron chi connectivity index (χ0n) is 14.3. The van der Waals surface area contributed by atoms with E-state index >= 15 is 0 Å². The van der Waals surface area contributed by atoms with Gasteiger partial charge in [0.05, 0.1) is 22.9 Å². The quantitative estimate of drug-likeness (QED) is 0.759. The van der Waals surface area contributed by atoms with Crippen LogP contribution in [0.15, 0.2) is 18.2 Å². The van der Waals surface area contributed by atoms with E-state index in [1.54, 1.807) is 0 Å². The monoisotopic (exact) mass is 362 g/mol. The van der Waals surface area contributed by atoms with E-state index in [2.05, 4.69) is 20.9 Å². The third kappa shape index (κ3) is 4.33. The van der Waals surface area contributed by atoms with Gasteiger partial charge in [0.25, 0.3) is 0 Å². The highest BCUT2D eigenvalue weighted by Gasteiger charge is 2.28. The third-order valence-electron chi connectivity index (χ3n) is 3.98. The van der Waals surface area contributed by atoms with Crippen LogP contribution in [0.25, 0.3) is 10.2 Å². The molecular weight excluding hydrogens is 340 g/mol. The van der Waals surface area contributed by atoms with Gasteiger partial charge in [-0.15, -0.1) is 0 Å². The Morgan fingerprint density at radius 2 is 2.24 bits per heavy atom. The SMILES string of the molecule is CCCC(=O)Nc1nc2ccc(NC(=O)[C@H]3NCCO[C@@H]3C)cc2s1. The van der Waals surface area contributed by atoms with Gasteiger partial charge in [0.1, 0.15) is 6.04 Å². The highest BCUT2D eigenvalue weighted by molar-refractivity contribution is 7.22. The third-order valence-corrected chi connectivity index (χ3v) is 4.91. The first-order valence-electron chi connectivity index (χ1n) is 8.43. The second kappa shape index (κ2) is 7.90. The largest absolute Gasteiger partial charge is 0.375 e. The molecule has 2 aromatic rings. The minimum Gasteiger partial charge on any atom is -0.375 e. The van der Waals surface area contributed by atoms with E-state index in [0.717, 1.165) is 16.6 Å². The first kappa shape index (κ1) is 17.8. The number of nitrogens with zero attached hydrogens (tertiary/aromatic N) is 1. The van der Waals surface area contributed by atoms with Crippen molar-refractivity contribution in [1.82, 2.24) is 10.3 Å². The van der Waals surface area contributed by atoms with Gasteiger partial charge in [-0.3, -0.25) is 9.59 Å². The molecule has 1 fully saturated rings. The molecule has 1 aliphatic heterocycles. The predicted molar refractivity (Wildman–Crippen MR) is 99.0 cm³/mol. The topological polar surface area (TPSA) is 92.4 Å². The molecule has 8 heteroatoms. The summed E-state index contributed by atoms with van der Waals surface area (Å²) in [6.45, 7) is 5.12. The van der Waals surface area contributed by atoms with E-state index in [0.29, 0.717) is 30.4 Å². The van der Waals surface area contributed by atoms with Crippen LogP contribution in [-0.2, 0) is 14.3 Å². The highest BCUT2D eigenvalue weighted by atomic mass is 32.1. The maximum Gasteiger partial charge on any atom is 0.244 e. The number of rotatable bonds is 5. The van der Waals surface area contributed by atoms with Crippen molar-refractivity contribution in [3.8, 4) is 0 Å². The molecule has 3 N–H and O–H groups in total. The van der Waals surface area contributed by atoms with Gasteiger partial charge in [0.15, 0.2) is 5.13 Å². The van der Waals surface area contributed by atoms with Crippen LogP contribution in [-0.4, -0.2) is 42.1 Å². The van der Waals surface area contributed by atoms with Gasteiger partial charge < -0.3 is 20.7 Å². The Bertz CT molecular complexity index is 776. The molecule has 0 aliphatic carbocycles. The summed E-state index contributed by atoms with van der Waals surface area (Å²) in [5, 5.41) is 9.47. The summed E-state index contributed by atoms with van der Waals surface area (Å²) in [4.78, 5) is 28.5. The summed E-state index contributed by atoms with van der Waals surface area (Å²) in [5.41, 5.74) is 1.49. The lowest BCUT2D eigenvalue weighted by Gasteiger charge is -2.29. The summed E-state index contributed by atoms with van der Waals surface area (Å²) < 4.78 is 6.42. The molecule has 25 heavy (non-hydrogen) atoms. The van der Waals surface area contributed by atoms with E-state index in [9.17, 15) is 9.59 Å². The number of hydrogen-bond acceptors (Lipinski definition) is 6. The van der Waals surface area contributed by atoms with Crippen LogP contribution in [0.1, 0.15) is 26.7 Å². The molecule has 0 saturated carbocycles. The van der Waals surface area contributed by atoms with Gasteiger partial charge >= 0.3 is 0 Å². The number of morpholine rings is 1. The zero-order valence-corrected chi connectivity index (χ0v) is 15.1. The maximum absolute atomic E-state index is 12.4. The molecule has 1 saturated heterocycles. The van der Waals surface area contributed by atoms with Crippen LogP contribution in [0.4, 0.5) is 10.8 Å². The number of nitrogens with one attached hydrogen (secondary N) is 3. The number of benzene rings is 1. The van der Waals surface area contributed by atoms with Crippen molar-refractivity contribution in [2.24, 2.45) is 0 Å². The molecule has 2 atom stereocenters. The average Bonchev–Trinajstić information content (AvgIpc) is 2.96. The Morgan fingerprint density at radius 3 is 3.00 bits per heavy atom. The normalized spacial score (nSPS) is 20.4. The van der Waals surface area contributed by atoms with E-state index in [4.69, 9.17) is 4.74 Å². The molecular formula is C17H22N4O3S. The molecule has 0 radical (unpaired) electrons. The van der Waals surface area contributed by atoms with Crippen molar-refractivity contribution in [3.05, 3.63) is 18.2 Å². The Hall–Kier alpha value is -2.03. The molecule has 3 rings (SSSR count). The molecule has 1 aromatic carbocycles. The van der Waals surface area contributed by atoms with Crippen molar-refractivity contribution in [2.75, 3.05) is 23.8 Å². The van der Waals surface area contributed by atoms with Crippen molar-refractivity contribution in [1.29, 1.82) is 0 Å². The maximum atomic E-state index is 12.4. The smallest absolute Gasteiger partial charge is 0.244 e. The van der Waals surface area contributed by atoms with Crippen LogP contribution in [0, 0.1) is 0 Å². The summed E-state index contributed by atoms with van der Waals surface area (Å²) in [7, 11) is 0. The second-order valence-electron chi connectivity index (χ2n) is 6.00.